The third-order valence-corrected chi connectivity index (χ3v) is 2.33. The quantitative estimate of drug-likeness (QED) is 0.668. The Labute approximate surface area is 79.6 Å². The molecule has 1 nitrogen and oxygen atoms in total. The van der Waals surface area contributed by atoms with E-state index in [1.807, 2.05) is 7.05 Å². The number of benzene rings is 1. The highest BCUT2D eigenvalue weighted by Gasteiger charge is 2.01. The summed E-state index contributed by atoms with van der Waals surface area (Å²) in [5.41, 5.74) is 2.42. The minimum Gasteiger partial charge on any atom is -0.387 e. The Morgan fingerprint density at radius 1 is 1.33 bits per heavy atom. The van der Waals surface area contributed by atoms with Crippen molar-refractivity contribution in [2.45, 2.75) is 24.7 Å². The second kappa shape index (κ2) is 3.85. The monoisotopic (exact) mass is 181 g/mol. The first-order valence-corrected chi connectivity index (χ1v) is 4.60. The summed E-state index contributed by atoms with van der Waals surface area (Å²) < 4.78 is 0. The number of anilines is 1. The van der Waals surface area contributed by atoms with E-state index >= 15 is 0 Å². The van der Waals surface area contributed by atoms with Gasteiger partial charge < -0.3 is 5.32 Å². The Hall–Kier alpha value is -0.630. The molecule has 0 heterocycles. The Morgan fingerprint density at radius 2 is 2.00 bits per heavy atom. The Kier molecular flexibility index (Phi) is 3.04. The first-order chi connectivity index (χ1) is 5.65. The van der Waals surface area contributed by atoms with Gasteiger partial charge in [-0.25, -0.2) is 0 Å². The van der Waals surface area contributed by atoms with Crippen molar-refractivity contribution in [1.29, 1.82) is 0 Å². The zero-order valence-electron chi connectivity index (χ0n) is 7.76. The maximum atomic E-state index is 4.38. The van der Waals surface area contributed by atoms with Crippen LogP contribution in [-0.4, -0.2) is 7.05 Å². The molecule has 0 atom stereocenters. The smallest absolute Gasteiger partial charge is 0.0473 e. The summed E-state index contributed by atoms with van der Waals surface area (Å²) in [6.07, 6.45) is 0. The summed E-state index contributed by atoms with van der Waals surface area (Å²) >= 11 is 4.38. The average molecular weight is 181 g/mol. The Bertz CT molecular complexity index is 269. The van der Waals surface area contributed by atoms with E-state index in [9.17, 15) is 0 Å². The van der Waals surface area contributed by atoms with E-state index in [0.29, 0.717) is 5.92 Å². The van der Waals surface area contributed by atoms with Crippen molar-refractivity contribution in [1.82, 2.24) is 0 Å². The van der Waals surface area contributed by atoms with Crippen LogP contribution in [0.1, 0.15) is 25.3 Å². The van der Waals surface area contributed by atoms with Crippen molar-refractivity contribution in [2.75, 3.05) is 12.4 Å². The number of nitrogens with one attached hydrogen (secondary N) is 1. The predicted molar refractivity (Wildman–Crippen MR) is 57.3 cm³/mol. The van der Waals surface area contributed by atoms with Crippen LogP contribution >= 0.6 is 12.6 Å². The number of hydrogen-bond acceptors (Lipinski definition) is 2. The normalized spacial score (nSPS) is 10.4. The predicted octanol–water partition coefficient (Wildman–Crippen LogP) is 3.14. The van der Waals surface area contributed by atoms with Crippen LogP contribution in [0.25, 0.3) is 0 Å². The second-order valence-corrected chi connectivity index (χ2v) is 3.66. The van der Waals surface area contributed by atoms with E-state index in [-0.39, 0.29) is 0 Å². The zero-order chi connectivity index (χ0) is 9.14. The van der Waals surface area contributed by atoms with Crippen LogP contribution in [0.5, 0.6) is 0 Å². The third kappa shape index (κ3) is 1.95. The standard InChI is InChI=1S/C10H15NS/c1-7(2)8-4-5-9(11-3)10(12)6-8/h4-7,11-12H,1-3H3. The molecule has 0 saturated carbocycles. The molecule has 0 radical (unpaired) electrons. The van der Waals surface area contributed by atoms with Gasteiger partial charge in [-0.1, -0.05) is 19.9 Å². The summed E-state index contributed by atoms with van der Waals surface area (Å²) in [6.45, 7) is 4.36. The lowest BCUT2D eigenvalue weighted by Crippen LogP contribution is -1.92. The highest BCUT2D eigenvalue weighted by Crippen LogP contribution is 2.24. The highest BCUT2D eigenvalue weighted by molar-refractivity contribution is 7.80. The van der Waals surface area contributed by atoms with Gasteiger partial charge in [0.15, 0.2) is 0 Å². The van der Waals surface area contributed by atoms with Crippen LogP contribution in [0.3, 0.4) is 0 Å². The molecule has 66 valence electrons. The van der Waals surface area contributed by atoms with Crippen molar-refractivity contribution in [3.05, 3.63) is 23.8 Å². The molecule has 12 heavy (non-hydrogen) atoms. The SMILES string of the molecule is CNc1ccc(C(C)C)cc1S. The molecule has 0 bridgehead atoms. The number of hydrogen-bond donors (Lipinski definition) is 2. The molecule has 1 aromatic carbocycles. The lowest BCUT2D eigenvalue weighted by atomic mass is 10.0. The molecule has 2 heteroatoms. The first kappa shape index (κ1) is 9.46. The van der Waals surface area contributed by atoms with Crippen molar-refractivity contribution < 1.29 is 0 Å². The largest absolute Gasteiger partial charge is 0.387 e. The molecule has 1 aromatic rings. The summed E-state index contributed by atoms with van der Waals surface area (Å²) in [5, 5.41) is 3.08. The molecule has 1 rings (SSSR count). The van der Waals surface area contributed by atoms with Gasteiger partial charge in [-0.05, 0) is 23.6 Å². The fraction of sp³-hybridized carbons (Fsp3) is 0.400. The minimum atomic E-state index is 0.571. The van der Waals surface area contributed by atoms with Gasteiger partial charge in [0, 0.05) is 17.6 Å². The van der Waals surface area contributed by atoms with E-state index in [2.05, 4.69) is 50.0 Å². The van der Waals surface area contributed by atoms with E-state index in [0.717, 1.165) is 10.6 Å². The molecule has 0 aliphatic rings. The minimum absolute atomic E-state index is 0.571. The summed E-state index contributed by atoms with van der Waals surface area (Å²) in [6, 6.07) is 6.31. The van der Waals surface area contributed by atoms with Crippen molar-refractivity contribution in [3.8, 4) is 0 Å². The van der Waals surface area contributed by atoms with Gasteiger partial charge in [0.1, 0.15) is 0 Å². The maximum absolute atomic E-state index is 4.38. The maximum Gasteiger partial charge on any atom is 0.0473 e. The molecular formula is C10H15NS. The van der Waals surface area contributed by atoms with Gasteiger partial charge in [0.2, 0.25) is 0 Å². The molecule has 0 spiro atoms. The van der Waals surface area contributed by atoms with Crippen LogP contribution in [-0.2, 0) is 0 Å². The lowest BCUT2D eigenvalue weighted by molar-refractivity contribution is 0.863. The zero-order valence-corrected chi connectivity index (χ0v) is 8.65. The van der Waals surface area contributed by atoms with Gasteiger partial charge in [-0.2, -0.15) is 0 Å². The molecule has 0 aliphatic heterocycles. The molecule has 1 N–H and O–H groups in total. The fourth-order valence-corrected chi connectivity index (χ4v) is 1.45. The van der Waals surface area contributed by atoms with Gasteiger partial charge >= 0.3 is 0 Å². The Balaban J connectivity index is 3.02. The fourth-order valence-electron chi connectivity index (χ4n) is 1.12. The molecule has 0 fully saturated rings. The van der Waals surface area contributed by atoms with E-state index in [4.69, 9.17) is 0 Å². The van der Waals surface area contributed by atoms with E-state index in [1.165, 1.54) is 5.56 Å². The Morgan fingerprint density at radius 3 is 2.42 bits per heavy atom. The van der Waals surface area contributed by atoms with Crippen LogP contribution < -0.4 is 5.32 Å². The number of rotatable bonds is 2. The van der Waals surface area contributed by atoms with Crippen LogP contribution in [0.2, 0.25) is 0 Å². The molecule has 0 aliphatic carbocycles. The topological polar surface area (TPSA) is 12.0 Å². The molecule has 0 saturated heterocycles. The van der Waals surface area contributed by atoms with Crippen LogP contribution in [0, 0.1) is 0 Å². The van der Waals surface area contributed by atoms with Crippen molar-refractivity contribution in [2.24, 2.45) is 0 Å². The van der Waals surface area contributed by atoms with Gasteiger partial charge in [-0.15, -0.1) is 12.6 Å². The molecule has 0 unspecified atom stereocenters. The second-order valence-electron chi connectivity index (χ2n) is 3.18. The summed E-state index contributed by atoms with van der Waals surface area (Å²) in [4.78, 5) is 1.02. The van der Waals surface area contributed by atoms with Crippen molar-refractivity contribution >= 4 is 18.3 Å². The van der Waals surface area contributed by atoms with E-state index in [1.54, 1.807) is 0 Å². The van der Waals surface area contributed by atoms with Gasteiger partial charge in [0.05, 0.1) is 0 Å². The molecular weight excluding hydrogens is 166 g/mol. The first-order valence-electron chi connectivity index (χ1n) is 4.16. The van der Waals surface area contributed by atoms with Crippen LogP contribution in [0.15, 0.2) is 23.1 Å². The van der Waals surface area contributed by atoms with Gasteiger partial charge in [0.25, 0.3) is 0 Å². The van der Waals surface area contributed by atoms with Crippen LogP contribution in [0.4, 0.5) is 5.69 Å². The number of thiol groups is 1. The third-order valence-electron chi connectivity index (χ3n) is 1.96. The average Bonchev–Trinajstić information content (AvgIpc) is 2.04. The molecule has 0 aromatic heterocycles. The lowest BCUT2D eigenvalue weighted by Gasteiger charge is -2.09. The summed E-state index contributed by atoms with van der Waals surface area (Å²) in [5.74, 6) is 0.571. The molecule has 0 amide bonds. The summed E-state index contributed by atoms with van der Waals surface area (Å²) in [7, 11) is 1.91. The van der Waals surface area contributed by atoms with Crippen molar-refractivity contribution in [3.63, 3.8) is 0 Å². The van der Waals surface area contributed by atoms with E-state index < -0.39 is 0 Å². The highest BCUT2D eigenvalue weighted by atomic mass is 32.1. The van der Waals surface area contributed by atoms with Gasteiger partial charge in [-0.3, -0.25) is 0 Å².